The summed E-state index contributed by atoms with van der Waals surface area (Å²) in [5.41, 5.74) is 1.44. The number of nitrogens with one attached hydrogen (secondary N) is 1. The maximum atomic E-state index is 3.72. The molecule has 98 valence electrons. The highest BCUT2D eigenvalue weighted by Gasteiger charge is 2.31. The highest BCUT2D eigenvalue weighted by Crippen LogP contribution is 2.29. The molecule has 2 nitrogen and oxygen atoms in total. The Morgan fingerprint density at radius 2 is 1.72 bits per heavy atom. The van der Waals surface area contributed by atoms with Crippen LogP contribution in [-0.2, 0) is 6.42 Å². The second-order valence-corrected chi connectivity index (χ2v) is 5.73. The van der Waals surface area contributed by atoms with Crippen LogP contribution in [0, 0.1) is 0 Å². The molecule has 1 aliphatic carbocycles. The molecular formula is C16H24N2. The highest BCUT2D eigenvalue weighted by molar-refractivity contribution is 5.14. The van der Waals surface area contributed by atoms with Crippen molar-refractivity contribution in [1.82, 2.24) is 10.2 Å². The molecule has 0 bridgehead atoms. The zero-order valence-corrected chi connectivity index (χ0v) is 11.1. The van der Waals surface area contributed by atoms with Gasteiger partial charge in [-0.1, -0.05) is 30.3 Å². The first kappa shape index (κ1) is 12.2. The maximum absolute atomic E-state index is 3.72. The quantitative estimate of drug-likeness (QED) is 0.856. The third kappa shape index (κ3) is 3.33. The average Bonchev–Trinajstić information content (AvgIpc) is 3.25. The Bertz CT molecular complexity index is 351. The molecule has 1 aliphatic heterocycles. The van der Waals surface area contributed by atoms with E-state index in [4.69, 9.17) is 0 Å². The van der Waals surface area contributed by atoms with Crippen LogP contribution < -0.4 is 5.32 Å². The summed E-state index contributed by atoms with van der Waals surface area (Å²) in [4.78, 5) is 2.69. The van der Waals surface area contributed by atoms with Crippen molar-refractivity contribution in [2.75, 3.05) is 19.6 Å². The molecule has 1 N–H and O–H groups in total. The van der Waals surface area contributed by atoms with Crippen LogP contribution in [0.3, 0.4) is 0 Å². The van der Waals surface area contributed by atoms with E-state index >= 15 is 0 Å². The Kier molecular flexibility index (Phi) is 3.96. The first-order valence-corrected chi connectivity index (χ1v) is 7.43. The fraction of sp³-hybridized carbons (Fsp3) is 0.625. The van der Waals surface area contributed by atoms with Gasteiger partial charge in [0.15, 0.2) is 0 Å². The fourth-order valence-corrected chi connectivity index (χ4v) is 2.97. The van der Waals surface area contributed by atoms with Gasteiger partial charge in [-0.15, -0.1) is 0 Å². The van der Waals surface area contributed by atoms with Crippen LogP contribution in [0.4, 0.5) is 0 Å². The number of piperidine rings is 1. The zero-order valence-electron chi connectivity index (χ0n) is 11.1. The number of hydrogen-bond donors (Lipinski definition) is 1. The first-order valence-electron chi connectivity index (χ1n) is 7.43. The molecule has 0 amide bonds. The van der Waals surface area contributed by atoms with E-state index < -0.39 is 0 Å². The summed E-state index contributed by atoms with van der Waals surface area (Å²) in [7, 11) is 0. The van der Waals surface area contributed by atoms with Gasteiger partial charge in [-0.2, -0.15) is 0 Å². The molecule has 0 unspecified atom stereocenters. The number of rotatable bonds is 5. The van der Waals surface area contributed by atoms with Crippen LogP contribution in [0.2, 0.25) is 0 Å². The molecule has 2 aliphatic rings. The molecule has 1 saturated carbocycles. The van der Waals surface area contributed by atoms with Crippen LogP contribution in [0.15, 0.2) is 30.3 Å². The van der Waals surface area contributed by atoms with E-state index in [0.29, 0.717) is 0 Å². The number of hydrogen-bond acceptors (Lipinski definition) is 2. The van der Waals surface area contributed by atoms with Gasteiger partial charge < -0.3 is 10.2 Å². The van der Waals surface area contributed by atoms with Gasteiger partial charge in [0.1, 0.15) is 0 Å². The van der Waals surface area contributed by atoms with Gasteiger partial charge in [-0.3, -0.25) is 0 Å². The van der Waals surface area contributed by atoms with Crippen LogP contribution >= 0.6 is 0 Å². The molecule has 0 radical (unpaired) electrons. The van der Waals surface area contributed by atoms with Gasteiger partial charge in [0.05, 0.1) is 0 Å². The van der Waals surface area contributed by atoms with Gasteiger partial charge in [0.2, 0.25) is 0 Å². The summed E-state index contributed by atoms with van der Waals surface area (Å²) in [5, 5.41) is 3.72. The van der Waals surface area contributed by atoms with Gasteiger partial charge in [0, 0.05) is 12.1 Å². The van der Waals surface area contributed by atoms with Gasteiger partial charge in [-0.05, 0) is 57.3 Å². The van der Waals surface area contributed by atoms with Crippen molar-refractivity contribution >= 4 is 0 Å². The molecule has 1 aromatic carbocycles. The second-order valence-electron chi connectivity index (χ2n) is 5.73. The molecule has 1 aromatic rings. The lowest BCUT2D eigenvalue weighted by Gasteiger charge is -2.32. The number of nitrogens with zero attached hydrogens (tertiary/aromatic N) is 1. The SMILES string of the molecule is c1ccc(CCNC2CCN(C3CC3)CC2)cc1. The summed E-state index contributed by atoms with van der Waals surface area (Å²) < 4.78 is 0. The Morgan fingerprint density at radius 1 is 1.00 bits per heavy atom. The average molecular weight is 244 g/mol. The summed E-state index contributed by atoms with van der Waals surface area (Å²) in [6.45, 7) is 3.75. The lowest BCUT2D eigenvalue weighted by atomic mass is 10.0. The van der Waals surface area contributed by atoms with Crippen molar-refractivity contribution in [1.29, 1.82) is 0 Å². The lowest BCUT2D eigenvalue weighted by Crippen LogP contribution is -2.43. The summed E-state index contributed by atoms with van der Waals surface area (Å²) in [5.74, 6) is 0. The Balaban J connectivity index is 1.34. The fourth-order valence-electron chi connectivity index (χ4n) is 2.97. The Hall–Kier alpha value is -0.860. The van der Waals surface area contributed by atoms with Crippen LogP contribution in [-0.4, -0.2) is 36.6 Å². The van der Waals surface area contributed by atoms with Gasteiger partial charge in [0.25, 0.3) is 0 Å². The molecular weight excluding hydrogens is 220 g/mol. The molecule has 0 aromatic heterocycles. The first-order chi connectivity index (χ1) is 8.92. The van der Waals surface area contributed by atoms with Crippen LogP contribution in [0.1, 0.15) is 31.2 Å². The maximum Gasteiger partial charge on any atom is 0.00964 e. The Morgan fingerprint density at radius 3 is 2.39 bits per heavy atom. The molecule has 2 fully saturated rings. The summed E-state index contributed by atoms with van der Waals surface area (Å²) in [6.07, 6.45) is 6.73. The van der Waals surface area contributed by atoms with E-state index in [2.05, 4.69) is 40.5 Å². The topological polar surface area (TPSA) is 15.3 Å². The van der Waals surface area contributed by atoms with Crippen molar-refractivity contribution in [3.05, 3.63) is 35.9 Å². The molecule has 0 spiro atoms. The minimum Gasteiger partial charge on any atom is -0.314 e. The predicted octanol–water partition coefficient (Wildman–Crippen LogP) is 2.45. The van der Waals surface area contributed by atoms with Crippen molar-refractivity contribution in [3.8, 4) is 0 Å². The Labute approximate surface area is 110 Å². The van der Waals surface area contributed by atoms with E-state index in [1.165, 1.54) is 44.3 Å². The second kappa shape index (κ2) is 5.85. The standard InChI is InChI=1S/C16H24N2/c1-2-4-14(5-3-1)8-11-17-15-9-12-18(13-10-15)16-6-7-16/h1-5,15-17H,6-13H2. The van der Waals surface area contributed by atoms with Crippen molar-refractivity contribution < 1.29 is 0 Å². The van der Waals surface area contributed by atoms with E-state index in [-0.39, 0.29) is 0 Å². The predicted molar refractivity (Wildman–Crippen MR) is 75.8 cm³/mol. The number of likely N-dealkylation sites (tertiary alicyclic amines) is 1. The van der Waals surface area contributed by atoms with Crippen molar-refractivity contribution in [3.63, 3.8) is 0 Å². The third-order valence-electron chi connectivity index (χ3n) is 4.28. The van der Waals surface area contributed by atoms with Gasteiger partial charge >= 0.3 is 0 Å². The van der Waals surface area contributed by atoms with Crippen molar-refractivity contribution in [2.45, 2.75) is 44.2 Å². The third-order valence-corrected chi connectivity index (χ3v) is 4.28. The highest BCUT2D eigenvalue weighted by atomic mass is 15.2. The zero-order chi connectivity index (χ0) is 12.2. The van der Waals surface area contributed by atoms with E-state index in [9.17, 15) is 0 Å². The van der Waals surface area contributed by atoms with E-state index in [0.717, 1.165) is 25.0 Å². The molecule has 18 heavy (non-hydrogen) atoms. The smallest absolute Gasteiger partial charge is 0.00964 e. The minimum atomic E-state index is 0.753. The normalized spacial score (nSPS) is 22.2. The van der Waals surface area contributed by atoms with E-state index in [1.54, 1.807) is 0 Å². The van der Waals surface area contributed by atoms with Gasteiger partial charge in [-0.25, -0.2) is 0 Å². The molecule has 1 saturated heterocycles. The number of benzene rings is 1. The van der Waals surface area contributed by atoms with Crippen LogP contribution in [0.5, 0.6) is 0 Å². The summed E-state index contributed by atoms with van der Waals surface area (Å²) >= 11 is 0. The van der Waals surface area contributed by atoms with Crippen molar-refractivity contribution in [2.24, 2.45) is 0 Å². The molecule has 3 rings (SSSR count). The van der Waals surface area contributed by atoms with E-state index in [1.807, 2.05) is 0 Å². The molecule has 1 heterocycles. The lowest BCUT2D eigenvalue weighted by molar-refractivity contribution is 0.190. The molecule has 2 heteroatoms. The van der Waals surface area contributed by atoms with Crippen LogP contribution in [0.25, 0.3) is 0 Å². The largest absolute Gasteiger partial charge is 0.314 e. The molecule has 0 atom stereocenters. The monoisotopic (exact) mass is 244 g/mol. The summed E-state index contributed by atoms with van der Waals surface area (Å²) in [6, 6.07) is 12.5. The minimum absolute atomic E-state index is 0.753.